The maximum absolute atomic E-state index is 5.53. The van der Waals surface area contributed by atoms with Gasteiger partial charge < -0.3 is 4.84 Å². The van der Waals surface area contributed by atoms with Crippen molar-refractivity contribution in [2.24, 2.45) is 0 Å². The van der Waals surface area contributed by atoms with Crippen LogP contribution in [-0.2, 0) is 0 Å². The average Bonchev–Trinajstić information content (AvgIpc) is 2.69. The van der Waals surface area contributed by atoms with Gasteiger partial charge in [0.1, 0.15) is 11.0 Å². The molecule has 0 spiro atoms. The Hall–Kier alpha value is -2.11. The maximum atomic E-state index is 5.53. The molecule has 1 aromatic heterocycles. The summed E-state index contributed by atoms with van der Waals surface area (Å²) in [6, 6.07) is 7.68. The summed E-state index contributed by atoms with van der Waals surface area (Å²) >= 11 is 0. The van der Waals surface area contributed by atoms with Gasteiger partial charge in [-0.3, -0.25) is 4.58 Å². The van der Waals surface area contributed by atoms with Crippen molar-refractivity contribution < 1.29 is 9.41 Å². The van der Waals surface area contributed by atoms with Gasteiger partial charge in [-0.2, -0.15) is 0 Å². The number of para-hydroxylation sites is 1. The van der Waals surface area contributed by atoms with Crippen LogP contribution < -0.4 is 4.84 Å². The zero-order valence-corrected chi connectivity index (χ0v) is 10.2. The number of nitrogens with zero attached hydrogens (tertiary/aromatic N) is 5. The van der Waals surface area contributed by atoms with Crippen molar-refractivity contribution >= 4 is 17.4 Å². The van der Waals surface area contributed by atoms with Crippen molar-refractivity contribution in [1.82, 2.24) is 20.1 Å². The summed E-state index contributed by atoms with van der Waals surface area (Å²) < 4.78 is 1.95. The van der Waals surface area contributed by atoms with E-state index in [4.69, 9.17) is 4.84 Å². The second-order valence-electron chi connectivity index (χ2n) is 4.05. The van der Waals surface area contributed by atoms with Gasteiger partial charge in [-0.15, -0.1) is 5.10 Å². The fourth-order valence-corrected chi connectivity index (χ4v) is 1.52. The first-order valence-electron chi connectivity index (χ1n) is 5.32. The largest absolute Gasteiger partial charge is 0.349 e. The minimum absolute atomic E-state index is 0.408. The molecular weight excluding hydrogens is 218 g/mol. The van der Waals surface area contributed by atoms with Crippen LogP contribution in [0, 0.1) is 0 Å². The molecule has 6 heteroatoms. The van der Waals surface area contributed by atoms with E-state index >= 15 is 0 Å². The number of aromatic nitrogens is 3. The SMILES string of the molecule is CN(C=[N+](C)C)COn1nnc2ccccc21. The lowest BCUT2D eigenvalue weighted by Gasteiger charge is -2.08. The summed E-state index contributed by atoms with van der Waals surface area (Å²) in [4.78, 5) is 8.89. The third kappa shape index (κ3) is 2.72. The number of fused-ring (bicyclic) bond motifs is 1. The van der Waals surface area contributed by atoms with Crippen molar-refractivity contribution in [2.75, 3.05) is 27.9 Å². The molecule has 90 valence electrons. The molecule has 6 nitrogen and oxygen atoms in total. The second-order valence-corrected chi connectivity index (χ2v) is 4.05. The highest BCUT2D eigenvalue weighted by Crippen LogP contribution is 2.07. The van der Waals surface area contributed by atoms with Crippen LogP contribution in [0.15, 0.2) is 24.3 Å². The van der Waals surface area contributed by atoms with Gasteiger partial charge in [-0.25, -0.2) is 4.90 Å². The molecule has 0 N–H and O–H groups in total. The van der Waals surface area contributed by atoms with E-state index in [1.165, 1.54) is 4.85 Å². The molecule has 0 aliphatic heterocycles. The molecule has 0 fully saturated rings. The van der Waals surface area contributed by atoms with Gasteiger partial charge in [0.2, 0.25) is 6.34 Å². The lowest BCUT2D eigenvalue weighted by molar-refractivity contribution is -0.464. The monoisotopic (exact) mass is 234 g/mol. The Morgan fingerprint density at radius 1 is 1.41 bits per heavy atom. The zero-order valence-electron chi connectivity index (χ0n) is 10.2. The Labute approximate surface area is 99.7 Å². The maximum Gasteiger partial charge on any atom is 0.252 e. The summed E-state index contributed by atoms with van der Waals surface area (Å²) in [6.45, 7) is 0.408. The highest BCUT2D eigenvalue weighted by molar-refractivity contribution is 5.73. The van der Waals surface area contributed by atoms with Gasteiger partial charge in [0.25, 0.3) is 6.73 Å². The molecule has 0 atom stereocenters. The summed E-state index contributed by atoms with van der Waals surface area (Å²) in [5, 5.41) is 7.94. The highest BCUT2D eigenvalue weighted by Gasteiger charge is 2.06. The van der Waals surface area contributed by atoms with Gasteiger partial charge in [-0.1, -0.05) is 17.0 Å². The zero-order chi connectivity index (χ0) is 12.3. The van der Waals surface area contributed by atoms with Crippen molar-refractivity contribution in [1.29, 1.82) is 0 Å². The second kappa shape index (κ2) is 4.82. The molecule has 17 heavy (non-hydrogen) atoms. The van der Waals surface area contributed by atoms with E-state index in [0.717, 1.165) is 11.0 Å². The van der Waals surface area contributed by atoms with E-state index in [2.05, 4.69) is 10.3 Å². The molecule has 0 amide bonds. The van der Waals surface area contributed by atoms with Gasteiger partial charge in [0.15, 0.2) is 0 Å². The van der Waals surface area contributed by atoms with E-state index in [-0.39, 0.29) is 0 Å². The lowest BCUT2D eigenvalue weighted by atomic mass is 10.3. The quantitative estimate of drug-likeness (QED) is 0.324. The predicted octanol–water partition coefficient (Wildman–Crippen LogP) is 0.0496. The molecule has 0 saturated carbocycles. The van der Waals surface area contributed by atoms with Crippen molar-refractivity contribution in [3.8, 4) is 0 Å². The Kier molecular flexibility index (Phi) is 3.22. The van der Waals surface area contributed by atoms with Crippen molar-refractivity contribution in [3.63, 3.8) is 0 Å². The fraction of sp³-hybridized carbons (Fsp3) is 0.364. The number of rotatable bonds is 4. The first kappa shape index (κ1) is 11.4. The third-order valence-electron chi connectivity index (χ3n) is 2.13. The van der Waals surface area contributed by atoms with Crippen molar-refractivity contribution in [2.45, 2.75) is 0 Å². The Morgan fingerprint density at radius 3 is 2.94 bits per heavy atom. The first-order valence-corrected chi connectivity index (χ1v) is 5.32. The molecule has 0 radical (unpaired) electrons. The molecule has 1 aromatic carbocycles. The number of hydrogen-bond acceptors (Lipinski definition) is 3. The Morgan fingerprint density at radius 2 is 2.18 bits per heavy atom. The van der Waals surface area contributed by atoms with E-state index < -0.39 is 0 Å². The van der Waals surface area contributed by atoms with Crippen LogP contribution in [0.3, 0.4) is 0 Å². The van der Waals surface area contributed by atoms with Crippen LogP contribution in [0.25, 0.3) is 11.0 Å². The predicted molar refractivity (Wildman–Crippen MR) is 64.9 cm³/mol. The Bertz CT molecular complexity index is 529. The van der Waals surface area contributed by atoms with Crippen molar-refractivity contribution in [3.05, 3.63) is 24.3 Å². The summed E-state index contributed by atoms with van der Waals surface area (Å²) in [7, 11) is 5.85. The van der Waals surface area contributed by atoms with Gasteiger partial charge >= 0.3 is 0 Å². The first-order chi connectivity index (χ1) is 8.16. The van der Waals surface area contributed by atoms with E-state index in [9.17, 15) is 0 Å². The molecule has 0 aliphatic rings. The van der Waals surface area contributed by atoms with Gasteiger partial charge in [0, 0.05) is 0 Å². The van der Waals surface area contributed by atoms with Crippen LogP contribution in [0.2, 0.25) is 0 Å². The molecule has 0 saturated heterocycles. The topological polar surface area (TPSA) is 46.2 Å². The summed E-state index contributed by atoms with van der Waals surface area (Å²) in [5.74, 6) is 0. The van der Waals surface area contributed by atoms with Crippen LogP contribution in [0.5, 0.6) is 0 Å². The number of hydrogen-bond donors (Lipinski definition) is 0. The number of benzene rings is 1. The smallest absolute Gasteiger partial charge is 0.252 e. The van der Waals surface area contributed by atoms with E-state index in [0.29, 0.717) is 6.73 Å². The average molecular weight is 234 g/mol. The summed E-state index contributed by atoms with van der Waals surface area (Å²) in [5.41, 5.74) is 1.69. The van der Waals surface area contributed by atoms with Crippen LogP contribution >= 0.6 is 0 Å². The third-order valence-corrected chi connectivity index (χ3v) is 2.13. The standard InChI is InChI=1S/C11H16N5O/c1-14(2)8-15(3)9-17-16-11-7-5-4-6-10(11)12-13-16/h4-8H,9H2,1-3H3/q+1. The minimum atomic E-state index is 0.408. The normalized spacial score (nSPS) is 10.3. The molecule has 2 rings (SSSR count). The lowest BCUT2D eigenvalue weighted by Crippen LogP contribution is -2.30. The molecular formula is C11H16N5O+. The van der Waals surface area contributed by atoms with E-state index in [1.54, 1.807) is 0 Å². The Balaban J connectivity index is 2.07. The van der Waals surface area contributed by atoms with Crippen LogP contribution in [0.4, 0.5) is 0 Å². The summed E-state index contributed by atoms with van der Waals surface area (Å²) in [6.07, 6.45) is 1.93. The van der Waals surface area contributed by atoms with Crippen LogP contribution in [-0.4, -0.2) is 58.8 Å². The molecule has 0 unspecified atom stereocenters. The highest BCUT2D eigenvalue weighted by atomic mass is 16.7. The molecule has 2 aromatic rings. The molecule has 0 bridgehead atoms. The molecule has 0 aliphatic carbocycles. The molecule has 1 heterocycles. The minimum Gasteiger partial charge on any atom is -0.349 e. The van der Waals surface area contributed by atoms with Gasteiger partial charge in [-0.05, 0) is 17.3 Å². The van der Waals surface area contributed by atoms with Gasteiger partial charge in [0.05, 0.1) is 21.1 Å². The van der Waals surface area contributed by atoms with Crippen LogP contribution in [0.1, 0.15) is 0 Å². The van der Waals surface area contributed by atoms with E-state index in [1.807, 2.05) is 61.2 Å². The fourth-order valence-electron chi connectivity index (χ4n) is 1.52.